The zero-order valence-corrected chi connectivity index (χ0v) is 15.2. The largest absolute Gasteiger partial charge is 0.297 e. The fourth-order valence-electron chi connectivity index (χ4n) is 3.75. The average molecular weight is 342 g/mol. The van der Waals surface area contributed by atoms with E-state index in [1.165, 1.54) is 22.3 Å². The third-order valence-electron chi connectivity index (χ3n) is 5.21. The minimum atomic E-state index is 1.03. The summed E-state index contributed by atoms with van der Waals surface area (Å²) >= 11 is 0. The van der Waals surface area contributed by atoms with E-state index >= 15 is 0 Å². The van der Waals surface area contributed by atoms with E-state index in [4.69, 9.17) is 0 Å². The van der Waals surface area contributed by atoms with Gasteiger partial charge in [0.05, 0.1) is 0 Å². The van der Waals surface area contributed by atoms with Crippen molar-refractivity contribution in [3.05, 3.63) is 96.1 Å². The van der Waals surface area contributed by atoms with Crippen LogP contribution < -0.4 is 0 Å². The van der Waals surface area contributed by atoms with Gasteiger partial charge >= 0.3 is 0 Å². The van der Waals surface area contributed by atoms with Gasteiger partial charge in [-0.05, 0) is 22.3 Å². The van der Waals surface area contributed by atoms with E-state index in [1.807, 2.05) is 0 Å². The van der Waals surface area contributed by atoms with Crippen molar-refractivity contribution in [3.8, 4) is 11.1 Å². The van der Waals surface area contributed by atoms with Crippen LogP contribution in [0.2, 0.25) is 0 Å². The molecule has 0 unspecified atom stereocenters. The summed E-state index contributed by atoms with van der Waals surface area (Å²) in [6.45, 7) is 6.65. The van der Waals surface area contributed by atoms with Crippen LogP contribution in [0.4, 0.5) is 0 Å². The molecule has 1 saturated heterocycles. The van der Waals surface area contributed by atoms with Crippen molar-refractivity contribution >= 4 is 0 Å². The molecule has 0 atom stereocenters. The van der Waals surface area contributed by atoms with Crippen LogP contribution in [0.3, 0.4) is 0 Å². The third-order valence-corrected chi connectivity index (χ3v) is 5.21. The molecule has 3 aromatic rings. The van der Waals surface area contributed by atoms with Gasteiger partial charge in [0.25, 0.3) is 0 Å². The third kappa shape index (κ3) is 4.21. The van der Waals surface area contributed by atoms with Gasteiger partial charge in [-0.25, -0.2) is 0 Å². The molecule has 0 spiro atoms. The highest BCUT2D eigenvalue weighted by atomic mass is 15.3. The van der Waals surface area contributed by atoms with Crippen molar-refractivity contribution in [2.75, 3.05) is 26.2 Å². The summed E-state index contributed by atoms with van der Waals surface area (Å²) in [5.41, 5.74) is 5.51. The first kappa shape index (κ1) is 17.0. The quantitative estimate of drug-likeness (QED) is 0.665. The molecule has 1 fully saturated rings. The molecule has 0 radical (unpaired) electrons. The van der Waals surface area contributed by atoms with E-state index in [-0.39, 0.29) is 0 Å². The number of benzene rings is 3. The first-order valence-electron chi connectivity index (χ1n) is 9.50. The van der Waals surface area contributed by atoms with Gasteiger partial charge < -0.3 is 0 Å². The van der Waals surface area contributed by atoms with Gasteiger partial charge in [-0.15, -0.1) is 0 Å². The highest BCUT2D eigenvalue weighted by Gasteiger charge is 2.18. The van der Waals surface area contributed by atoms with Crippen LogP contribution in [0.25, 0.3) is 11.1 Å². The first-order valence-corrected chi connectivity index (χ1v) is 9.50. The maximum Gasteiger partial charge on any atom is 0.0240 e. The number of rotatable bonds is 5. The van der Waals surface area contributed by atoms with Crippen LogP contribution in [0.1, 0.15) is 11.1 Å². The summed E-state index contributed by atoms with van der Waals surface area (Å²) < 4.78 is 0. The summed E-state index contributed by atoms with van der Waals surface area (Å²) in [7, 11) is 0. The second-order valence-corrected chi connectivity index (χ2v) is 7.06. The van der Waals surface area contributed by atoms with E-state index in [9.17, 15) is 0 Å². The lowest BCUT2D eigenvalue weighted by molar-refractivity contribution is 0.122. The smallest absolute Gasteiger partial charge is 0.0240 e. The molecule has 1 aliphatic heterocycles. The van der Waals surface area contributed by atoms with Crippen molar-refractivity contribution in [3.63, 3.8) is 0 Å². The Labute approximate surface area is 156 Å². The highest BCUT2D eigenvalue weighted by molar-refractivity contribution is 5.67. The summed E-state index contributed by atoms with van der Waals surface area (Å²) in [6, 6.07) is 30.4. The minimum Gasteiger partial charge on any atom is -0.297 e. The molecule has 0 saturated carbocycles. The lowest BCUT2D eigenvalue weighted by Crippen LogP contribution is -2.45. The van der Waals surface area contributed by atoms with E-state index in [0.717, 1.165) is 39.3 Å². The van der Waals surface area contributed by atoms with Gasteiger partial charge in [0.15, 0.2) is 0 Å². The van der Waals surface area contributed by atoms with Gasteiger partial charge in [0.1, 0.15) is 0 Å². The fourth-order valence-corrected chi connectivity index (χ4v) is 3.75. The lowest BCUT2D eigenvalue weighted by atomic mass is 9.99. The summed E-state index contributed by atoms with van der Waals surface area (Å²) in [6.07, 6.45) is 0. The second kappa shape index (κ2) is 8.31. The van der Waals surface area contributed by atoms with Gasteiger partial charge in [-0.2, -0.15) is 0 Å². The van der Waals surface area contributed by atoms with Crippen LogP contribution in [-0.4, -0.2) is 36.0 Å². The Morgan fingerprint density at radius 2 is 1.08 bits per heavy atom. The van der Waals surface area contributed by atoms with E-state index < -0.39 is 0 Å². The zero-order chi connectivity index (χ0) is 17.6. The Balaban J connectivity index is 1.38. The highest BCUT2D eigenvalue weighted by Crippen LogP contribution is 2.25. The summed E-state index contributed by atoms with van der Waals surface area (Å²) in [4.78, 5) is 5.15. The first-order chi connectivity index (χ1) is 12.9. The molecule has 2 heteroatoms. The van der Waals surface area contributed by atoms with Crippen LogP contribution >= 0.6 is 0 Å². The topological polar surface area (TPSA) is 6.48 Å². The molecule has 1 aliphatic rings. The van der Waals surface area contributed by atoms with Gasteiger partial charge in [0, 0.05) is 39.3 Å². The van der Waals surface area contributed by atoms with E-state index in [2.05, 4.69) is 94.7 Å². The summed E-state index contributed by atoms with van der Waals surface area (Å²) in [5, 5.41) is 0. The molecule has 0 amide bonds. The molecule has 0 bridgehead atoms. The number of hydrogen-bond acceptors (Lipinski definition) is 2. The predicted octanol–water partition coefficient (Wildman–Crippen LogP) is 4.67. The Bertz CT molecular complexity index is 806. The molecule has 2 nitrogen and oxygen atoms in total. The average Bonchev–Trinajstić information content (AvgIpc) is 2.71. The van der Waals surface area contributed by atoms with Crippen molar-refractivity contribution in [2.24, 2.45) is 0 Å². The molecule has 132 valence electrons. The molecule has 26 heavy (non-hydrogen) atoms. The molecule has 1 heterocycles. The molecular formula is C24H26N2. The lowest BCUT2D eigenvalue weighted by Gasteiger charge is -2.35. The molecule has 0 aliphatic carbocycles. The number of hydrogen-bond donors (Lipinski definition) is 0. The molecule has 0 N–H and O–H groups in total. The van der Waals surface area contributed by atoms with Gasteiger partial charge in [0.2, 0.25) is 0 Å². The summed E-state index contributed by atoms with van der Waals surface area (Å²) in [5.74, 6) is 0. The van der Waals surface area contributed by atoms with E-state index in [1.54, 1.807) is 0 Å². The van der Waals surface area contributed by atoms with Crippen LogP contribution in [0.15, 0.2) is 84.9 Å². The molecule has 3 aromatic carbocycles. The standard InChI is InChI=1S/C24H26N2/c1-3-9-21(10-4-1)19-25-15-17-26(18-16-25)20-23-13-7-8-14-24(23)22-11-5-2-6-12-22/h1-14H,15-20H2. The normalized spacial score (nSPS) is 15.8. The Hall–Kier alpha value is -2.42. The number of nitrogens with zero attached hydrogens (tertiary/aromatic N) is 2. The fraction of sp³-hybridized carbons (Fsp3) is 0.250. The maximum absolute atomic E-state index is 2.59. The second-order valence-electron chi connectivity index (χ2n) is 7.06. The van der Waals surface area contributed by atoms with Crippen molar-refractivity contribution in [1.29, 1.82) is 0 Å². The molecule has 0 aromatic heterocycles. The molecular weight excluding hydrogens is 316 g/mol. The number of piperazine rings is 1. The predicted molar refractivity (Wildman–Crippen MR) is 109 cm³/mol. The van der Waals surface area contributed by atoms with Crippen LogP contribution in [-0.2, 0) is 13.1 Å². The van der Waals surface area contributed by atoms with Gasteiger partial charge in [-0.3, -0.25) is 9.80 Å². The SMILES string of the molecule is c1ccc(CN2CCN(Cc3ccccc3-c3ccccc3)CC2)cc1. The Kier molecular flexibility index (Phi) is 5.44. The van der Waals surface area contributed by atoms with Gasteiger partial charge in [-0.1, -0.05) is 84.9 Å². The van der Waals surface area contributed by atoms with Crippen LogP contribution in [0.5, 0.6) is 0 Å². The minimum absolute atomic E-state index is 1.03. The maximum atomic E-state index is 2.59. The van der Waals surface area contributed by atoms with Crippen molar-refractivity contribution in [1.82, 2.24) is 9.80 Å². The molecule has 4 rings (SSSR count). The zero-order valence-electron chi connectivity index (χ0n) is 15.2. The van der Waals surface area contributed by atoms with Crippen molar-refractivity contribution in [2.45, 2.75) is 13.1 Å². The Morgan fingerprint density at radius 3 is 1.77 bits per heavy atom. The van der Waals surface area contributed by atoms with Crippen LogP contribution in [0, 0.1) is 0 Å². The monoisotopic (exact) mass is 342 g/mol. The van der Waals surface area contributed by atoms with Crippen molar-refractivity contribution < 1.29 is 0 Å². The van der Waals surface area contributed by atoms with E-state index in [0.29, 0.717) is 0 Å². The Morgan fingerprint density at radius 1 is 0.538 bits per heavy atom.